The van der Waals surface area contributed by atoms with Gasteiger partial charge in [-0.2, -0.15) is 13.2 Å². The quantitative estimate of drug-likeness (QED) is 0.235. The Labute approximate surface area is 180 Å². The number of esters is 1. The predicted octanol–water partition coefficient (Wildman–Crippen LogP) is 1.61. The number of hydrogen-bond donors (Lipinski definition) is 0. The molecule has 0 atom stereocenters. The van der Waals surface area contributed by atoms with Crippen LogP contribution in [0.4, 0.5) is 13.2 Å². The molecule has 1 rings (SSSR count). The number of carbonyl (C=O) groups excluding carboxylic acids is 1. The topological polar surface area (TPSA) is 121 Å². The number of sulfonamides is 1. The molecule has 9 nitrogen and oxygen atoms in total. The third-order valence-corrected chi connectivity index (χ3v) is 6.29. The van der Waals surface area contributed by atoms with E-state index in [0.29, 0.717) is 0 Å². The lowest BCUT2D eigenvalue weighted by Gasteiger charge is -2.24. The Morgan fingerprint density at radius 3 is 1.97 bits per heavy atom. The molecule has 0 heterocycles. The summed E-state index contributed by atoms with van der Waals surface area (Å²) in [7, 11) is -5.75. The summed E-state index contributed by atoms with van der Waals surface area (Å²) in [5.41, 5.74) is -4.73. The summed E-state index contributed by atoms with van der Waals surface area (Å²) in [6.45, 7) is 2.85. The van der Waals surface area contributed by atoms with Crippen molar-refractivity contribution in [3.63, 3.8) is 0 Å². The lowest BCUT2D eigenvalue weighted by molar-refractivity contribution is -0.884. The van der Waals surface area contributed by atoms with Crippen molar-refractivity contribution in [1.82, 2.24) is 3.71 Å². The van der Waals surface area contributed by atoms with Gasteiger partial charge in [0.1, 0.15) is 13.2 Å². The highest BCUT2D eigenvalue weighted by Gasteiger charge is 2.52. The highest BCUT2D eigenvalue weighted by Crippen LogP contribution is 2.28. The van der Waals surface area contributed by atoms with Gasteiger partial charge in [0.2, 0.25) is 0 Å². The summed E-state index contributed by atoms with van der Waals surface area (Å²) in [6, 6.07) is 10.6. The van der Waals surface area contributed by atoms with Crippen molar-refractivity contribution in [3.8, 4) is 0 Å². The number of halogens is 3. The minimum Gasteiger partial charge on any atom is -0.735 e. The fourth-order valence-corrected chi connectivity index (χ4v) is 3.99. The molecule has 0 unspecified atom stereocenters. The van der Waals surface area contributed by atoms with E-state index >= 15 is 0 Å². The van der Waals surface area contributed by atoms with E-state index in [0.717, 1.165) is 11.0 Å². The van der Waals surface area contributed by atoms with Gasteiger partial charge in [0.25, 0.3) is 0 Å². The number of quaternary nitrogens is 1. The first-order valence-corrected chi connectivity index (χ1v) is 11.3. The smallest absolute Gasteiger partial charge is 0.512 e. The molecule has 1 aromatic carbocycles. The third kappa shape index (κ3) is 10.7. The van der Waals surface area contributed by atoms with Gasteiger partial charge in [0.15, 0.2) is 10.3 Å². The van der Waals surface area contributed by atoms with Gasteiger partial charge in [-0.05, 0) is 6.92 Å². The minimum absolute atomic E-state index is 0.153. The Balaban J connectivity index is 0.000000683. The van der Waals surface area contributed by atoms with Crippen LogP contribution in [0.25, 0.3) is 0 Å². The van der Waals surface area contributed by atoms with Crippen molar-refractivity contribution < 1.29 is 48.6 Å². The fourth-order valence-electron chi connectivity index (χ4n) is 1.93. The second kappa shape index (κ2) is 11.0. The van der Waals surface area contributed by atoms with Gasteiger partial charge in [0.05, 0.1) is 27.7 Å². The minimum atomic E-state index is -6.40. The first-order valence-electron chi connectivity index (χ1n) is 8.51. The summed E-state index contributed by atoms with van der Waals surface area (Å²) in [5, 5.41) is 0. The Morgan fingerprint density at radius 1 is 1.13 bits per heavy atom. The highest BCUT2D eigenvalue weighted by atomic mass is 32.3. The van der Waals surface area contributed by atoms with Gasteiger partial charge in [-0.1, -0.05) is 40.6 Å². The summed E-state index contributed by atoms with van der Waals surface area (Å²) in [6.07, 6.45) is 0. The predicted molar refractivity (Wildman–Crippen MR) is 105 cm³/mol. The monoisotopic (exact) mass is 490 g/mol. The molecule has 0 radical (unpaired) electrons. The molecule has 1 aromatic rings. The van der Waals surface area contributed by atoms with Crippen molar-refractivity contribution >= 4 is 26.3 Å². The molecule has 0 aliphatic heterocycles. The maximum atomic E-state index is 12.2. The SMILES string of the molecule is C=C(C)C(=O)OCCN(S(=O)(=O)[O-])S(=O)(=O)C(F)(F)F.C[N+](C)(C)Cc1ccccc1. The number of ether oxygens (including phenoxy) is 1. The van der Waals surface area contributed by atoms with Gasteiger partial charge >= 0.3 is 21.5 Å². The Morgan fingerprint density at radius 2 is 1.61 bits per heavy atom. The van der Waals surface area contributed by atoms with Gasteiger partial charge in [-0.3, -0.25) is 0 Å². The van der Waals surface area contributed by atoms with Gasteiger partial charge in [-0.15, -0.1) is 0 Å². The second-order valence-electron chi connectivity index (χ2n) is 7.26. The van der Waals surface area contributed by atoms with Crippen molar-refractivity contribution in [2.75, 3.05) is 34.3 Å². The maximum Gasteiger partial charge on any atom is 0.512 e. The Kier molecular flexibility index (Phi) is 10.3. The van der Waals surface area contributed by atoms with Crippen LogP contribution in [0.15, 0.2) is 42.5 Å². The maximum absolute atomic E-state index is 12.2. The zero-order valence-corrected chi connectivity index (χ0v) is 19.1. The van der Waals surface area contributed by atoms with E-state index in [4.69, 9.17) is 0 Å². The third-order valence-electron chi connectivity index (χ3n) is 3.17. The number of alkyl halides is 3. The first kappa shape index (κ1) is 29.0. The van der Waals surface area contributed by atoms with Crippen molar-refractivity contribution in [3.05, 3.63) is 48.0 Å². The molecule has 0 bridgehead atoms. The van der Waals surface area contributed by atoms with E-state index in [-0.39, 0.29) is 5.57 Å². The van der Waals surface area contributed by atoms with Crippen LogP contribution in [-0.4, -0.2) is 75.4 Å². The van der Waals surface area contributed by atoms with Gasteiger partial charge < -0.3 is 13.8 Å². The summed E-state index contributed by atoms with van der Waals surface area (Å²) in [4.78, 5) is 10.9. The molecule has 0 fully saturated rings. The lowest BCUT2D eigenvalue weighted by Crippen LogP contribution is -2.45. The van der Waals surface area contributed by atoms with Crippen LogP contribution >= 0.6 is 0 Å². The van der Waals surface area contributed by atoms with E-state index in [9.17, 15) is 39.4 Å². The van der Waals surface area contributed by atoms with Crippen LogP contribution in [0.2, 0.25) is 0 Å². The molecule has 0 spiro atoms. The van der Waals surface area contributed by atoms with Crippen molar-refractivity contribution in [2.45, 2.75) is 19.0 Å². The number of nitrogens with zero attached hydrogens (tertiary/aromatic N) is 2. The average Bonchev–Trinajstić information content (AvgIpc) is 2.56. The zero-order valence-electron chi connectivity index (χ0n) is 17.4. The van der Waals surface area contributed by atoms with Crippen molar-refractivity contribution in [1.29, 1.82) is 0 Å². The second-order valence-corrected chi connectivity index (χ2v) is 10.6. The van der Waals surface area contributed by atoms with Crippen LogP contribution in [0.1, 0.15) is 12.5 Å². The van der Waals surface area contributed by atoms with Gasteiger partial charge in [0, 0.05) is 11.1 Å². The molecule has 0 amide bonds. The van der Waals surface area contributed by atoms with Crippen LogP contribution in [0.3, 0.4) is 0 Å². The van der Waals surface area contributed by atoms with E-state index in [1.807, 2.05) is 0 Å². The standard InChI is InChI=1S/C10H16N.C7H10F3NO7S2/c1-11(2,3)9-10-7-5-4-6-8-10;1-5(2)6(12)18-4-3-11(20(15,16)17)19(13,14)7(8,9)10/h4-8H,9H2,1-3H3;1,3-4H2,2H3,(H,15,16,17)/q+1;/p-1. The molecule has 0 saturated carbocycles. The molecule has 0 N–H and O–H groups in total. The Hall–Kier alpha value is -2.00. The molecule has 31 heavy (non-hydrogen) atoms. The summed E-state index contributed by atoms with van der Waals surface area (Å²) < 4.78 is 93.9. The zero-order chi connectivity index (χ0) is 24.7. The van der Waals surface area contributed by atoms with Crippen LogP contribution in [-0.2, 0) is 36.4 Å². The van der Waals surface area contributed by atoms with Crippen molar-refractivity contribution in [2.24, 2.45) is 0 Å². The molecule has 0 saturated heterocycles. The van der Waals surface area contributed by atoms with Crippen LogP contribution in [0.5, 0.6) is 0 Å². The number of benzene rings is 1. The molecule has 0 aliphatic carbocycles. The summed E-state index contributed by atoms with van der Waals surface area (Å²) in [5.74, 6) is -1.09. The van der Waals surface area contributed by atoms with E-state index in [2.05, 4.69) is 62.8 Å². The largest absolute Gasteiger partial charge is 0.735 e. The molecule has 14 heteroatoms. The number of carbonyl (C=O) groups is 1. The van der Waals surface area contributed by atoms with E-state index < -0.39 is 48.7 Å². The Bertz CT molecular complexity index is 956. The fraction of sp³-hybridized carbons (Fsp3) is 0.471. The van der Waals surface area contributed by atoms with E-state index in [1.54, 1.807) is 0 Å². The summed E-state index contributed by atoms with van der Waals surface area (Å²) >= 11 is 0. The molecular weight excluding hydrogens is 465 g/mol. The molecule has 0 aromatic heterocycles. The average molecular weight is 491 g/mol. The van der Waals surface area contributed by atoms with E-state index in [1.165, 1.54) is 12.5 Å². The van der Waals surface area contributed by atoms with Crippen LogP contribution < -0.4 is 0 Å². The van der Waals surface area contributed by atoms with Crippen LogP contribution in [0, 0.1) is 0 Å². The highest BCUT2D eigenvalue weighted by molar-refractivity contribution is 8.02. The first-order chi connectivity index (χ1) is 13.8. The number of hydrogen-bond acceptors (Lipinski definition) is 7. The normalized spacial score (nSPS) is 12.7. The van der Waals surface area contributed by atoms with Gasteiger partial charge in [-0.25, -0.2) is 21.6 Å². The molecular formula is C17H25F3N2O7S2. The number of rotatable bonds is 8. The molecule has 0 aliphatic rings. The lowest BCUT2D eigenvalue weighted by atomic mass is 10.2. The molecule has 178 valence electrons.